The molecule has 0 aliphatic heterocycles. The van der Waals surface area contributed by atoms with Crippen LogP contribution in [0.1, 0.15) is 46.0 Å². The molecule has 1 saturated carbocycles. The van der Waals surface area contributed by atoms with Crippen LogP contribution >= 0.6 is 24.6 Å². The smallest absolute Gasteiger partial charge is 0.0509 e. The molecule has 1 aliphatic rings. The van der Waals surface area contributed by atoms with Crippen molar-refractivity contribution in [2.24, 2.45) is 0 Å². The predicted octanol–water partition coefficient (Wildman–Crippen LogP) is 3.57. The number of hydrogen-bond acceptors (Lipinski definition) is 3. The Hall–Kier alpha value is 0.660. The van der Waals surface area contributed by atoms with Crippen LogP contribution in [0.4, 0.5) is 0 Å². The van der Waals surface area contributed by atoms with Crippen LogP contribution in [0.15, 0.2) is 0 Å². The molecule has 0 aromatic carbocycles. The van der Waals surface area contributed by atoms with Crippen molar-refractivity contribution in [2.75, 3.05) is 5.08 Å². The molecule has 1 nitrogen and oxygen atoms in total. The van der Waals surface area contributed by atoms with Crippen molar-refractivity contribution in [3.8, 4) is 0 Å². The van der Waals surface area contributed by atoms with E-state index in [1.54, 1.807) is 0 Å². The van der Waals surface area contributed by atoms with E-state index in [-0.39, 0.29) is 0 Å². The van der Waals surface area contributed by atoms with E-state index < -0.39 is 0 Å². The minimum absolute atomic E-state index is 0.709. The van der Waals surface area contributed by atoms with Crippen LogP contribution in [0.25, 0.3) is 0 Å². The van der Waals surface area contributed by atoms with Gasteiger partial charge in [-0.3, -0.25) is 0 Å². The number of rotatable bonds is 5. The SMILES string of the molecule is CCC(C)N(SCS)C1CCCC1. The number of thiol groups is 1. The highest BCUT2D eigenvalue weighted by Gasteiger charge is 2.25. The third kappa shape index (κ3) is 3.37. The first-order chi connectivity index (χ1) is 6.29. The largest absolute Gasteiger partial charge is 0.244 e. The molecule has 0 bridgehead atoms. The highest BCUT2D eigenvalue weighted by atomic mass is 32.2. The maximum atomic E-state index is 4.31. The molecule has 0 aromatic heterocycles. The molecule has 1 rings (SSSR count). The first-order valence-corrected chi connectivity index (χ1v) is 6.89. The second-order valence-electron chi connectivity index (χ2n) is 3.81. The quantitative estimate of drug-likeness (QED) is 0.428. The molecule has 0 N–H and O–H groups in total. The molecule has 0 aromatic rings. The summed E-state index contributed by atoms with van der Waals surface area (Å²) in [6.07, 6.45) is 6.88. The maximum absolute atomic E-state index is 4.31. The summed E-state index contributed by atoms with van der Waals surface area (Å²) in [6.45, 7) is 4.60. The van der Waals surface area contributed by atoms with E-state index in [1.165, 1.54) is 32.1 Å². The molecule has 0 spiro atoms. The van der Waals surface area contributed by atoms with Crippen LogP contribution < -0.4 is 0 Å². The lowest BCUT2D eigenvalue weighted by molar-refractivity contribution is 0.284. The molecule has 1 atom stereocenters. The molecule has 0 radical (unpaired) electrons. The van der Waals surface area contributed by atoms with Crippen molar-refractivity contribution < 1.29 is 0 Å². The molecular weight excluding hydrogens is 198 g/mol. The molecular formula is C10H21NS2. The highest BCUT2D eigenvalue weighted by molar-refractivity contribution is 8.07. The predicted molar refractivity (Wildman–Crippen MR) is 65.3 cm³/mol. The van der Waals surface area contributed by atoms with Gasteiger partial charge in [-0.15, -0.1) is 0 Å². The highest BCUT2D eigenvalue weighted by Crippen LogP contribution is 2.31. The van der Waals surface area contributed by atoms with Gasteiger partial charge >= 0.3 is 0 Å². The molecule has 0 heterocycles. The van der Waals surface area contributed by atoms with Crippen molar-refractivity contribution in [2.45, 2.75) is 58.0 Å². The van der Waals surface area contributed by atoms with Crippen LogP contribution in [0.3, 0.4) is 0 Å². The van der Waals surface area contributed by atoms with Gasteiger partial charge in [0, 0.05) is 12.1 Å². The molecule has 0 amide bonds. The van der Waals surface area contributed by atoms with Crippen LogP contribution in [0, 0.1) is 0 Å². The van der Waals surface area contributed by atoms with Gasteiger partial charge in [0.2, 0.25) is 0 Å². The van der Waals surface area contributed by atoms with E-state index in [0.29, 0.717) is 6.04 Å². The van der Waals surface area contributed by atoms with Gasteiger partial charge in [-0.25, -0.2) is 4.31 Å². The van der Waals surface area contributed by atoms with E-state index >= 15 is 0 Å². The molecule has 0 saturated heterocycles. The van der Waals surface area contributed by atoms with Gasteiger partial charge in [0.1, 0.15) is 0 Å². The minimum Gasteiger partial charge on any atom is -0.244 e. The Kier molecular flexibility index (Phi) is 5.60. The normalized spacial score (nSPS) is 21.2. The standard InChI is InChI=1S/C10H21NS2/c1-3-9(2)11(13-8-12)10-6-4-5-7-10/h9-10,12H,3-8H2,1-2H3. The van der Waals surface area contributed by atoms with Gasteiger partial charge in [-0.2, -0.15) is 12.6 Å². The maximum Gasteiger partial charge on any atom is 0.0509 e. The fourth-order valence-electron chi connectivity index (χ4n) is 2.00. The number of nitrogens with zero attached hydrogens (tertiary/aromatic N) is 1. The zero-order valence-electron chi connectivity index (χ0n) is 8.70. The van der Waals surface area contributed by atoms with E-state index in [2.05, 4.69) is 30.8 Å². The topological polar surface area (TPSA) is 3.24 Å². The van der Waals surface area contributed by atoms with Crippen LogP contribution in [0.2, 0.25) is 0 Å². The fourth-order valence-corrected chi connectivity index (χ4v) is 3.36. The van der Waals surface area contributed by atoms with E-state index in [4.69, 9.17) is 0 Å². The third-order valence-corrected chi connectivity index (χ3v) is 4.33. The van der Waals surface area contributed by atoms with E-state index in [0.717, 1.165) is 11.1 Å². The van der Waals surface area contributed by atoms with Crippen molar-refractivity contribution in [3.05, 3.63) is 0 Å². The Morgan fingerprint density at radius 3 is 2.54 bits per heavy atom. The Labute approximate surface area is 92.2 Å². The van der Waals surface area contributed by atoms with Crippen molar-refractivity contribution in [3.63, 3.8) is 0 Å². The summed E-state index contributed by atoms with van der Waals surface area (Å²) >= 11 is 6.21. The summed E-state index contributed by atoms with van der Waals surface area (Å²) in [5.74, 6) is 0. The molecule has 13 heavy (non-hydrogen) atoms. The summed E-state index contributed by atoms with van der Waals surface area (Å²) in [6, 6.07) is 1.53. The Morgan fingerprint density at radius 2 is 2.08 bits per heavy atom. The van der Waals surface area contributed by atoms with Crippen LogP contribution in [-0.4, -0.2) is 21.5 Å². The van der Waals surface area contributed by atoms with Crippen molar-refractivity contribution in [1.82, 2.24) is 4.31 Å². The average molecular weight is 219 g/mol. The van der Waals surface area contributed by atoms with Gasteiger partial charge in [0.25, 0.3) is 0 Å². The Balaban J connectivity index is 2.44. The first kappa shape index (κ1) is 11.7. The summed E-state index contributed by atoms with van der Waals surface area (Å²) in [5.41, 5.74) is 0. The van der Waals surface area contributed by atoms with Gasteiger partial charge in [0.15, 0.2) is 0 Å². The van der Waals surface area contributed by atoms with Gasteiger partial charge < -0.3 is 0 Å². The third-order valence-electron chi connectivity index (χ3n) is 2.92. The molecule has 1 aliphatic carbocycles. The zero-order chi connectivity index (χ0) is 9.68. The molecule has 3 heteroatoms. The minimum atomic E-state index is 0.709. The Bertz CT molecular complexity index is 135. The summed E-state index contributed by atoms with van der Waals surface area (Å²) in [7, 11) is 0. The van der Waals surface area contributed by atoms with Crippen molar-refractivity contribution in [1.29, 1.82) is 0 Å². The molecule has 78 valence electrons. The van der Waals surface area contributed by atoms with E-state index in [1.807, 2.05) is 11.9 Å². The van der Waals surface area contributed by atoms with Gasteiger partial charge in [-0.05, 0) is 26.2 Å². The number of hydrogen-bond donors (Lipinski definition) is 1. The van der Waals surface area contributed by atoms with Gasteiger partial charge in [-0.1, -0.05) is 31.7 Å². The monoisotopic (exact) mass is 219 g/mol. The summed E-state index contributed by atoms with van der Waals surface area (Å²) in [4.78, 5) is 0. The lowest BCUT2D eigenvalue weighted by Gasteiger charge is -2.32. The Morgan fingerprint density at radius 1 is 1.46 bits per heavy atom. The second-order valence-corrected chi connectivity index (χ2v) is 5.53. The first-order valence-electron chi connectivity index (χ1n) is 5.31. The van der Waals surface area contributed by atoms with Crippen LogP contribution in [0.5, 0.6) is 0 Å². The van der Waals surface area contributed by atoms with Crippen molar-refractivity contribution >= 4 is 24.6 Å². The molecule has 1 fully saturated rings. The van der Waals surface area contributed by atoms with Crippen LogP contribution in [-0.2, 0) is 0 Å². The average Bonchev–Trinajstić information content (AvgIpc) is 2.65. The zero-order valence-corrected chi connectivity index (χ0v) is 10.4. The fraction of sp³-hybridized carbons (Fsp3) is 1.00. The molecule has 1 unspecified atom stereocenters. The lowest BCUT2D eigenvalue weighted by Crippen LogP contribution is -2.34. The summed E-state index contributed by atoms with van der Waals surface area (Å²) < 4.78 is 2.58. The van der Waals surface area contributed by atoms with E-state index in [9.17, 15) is 0 Å². The second kappa shape index (κ2) is 6.20. The summed E-state index contributed by atoms with van der Waals surface area (Å²) in [5, 5.41) is 0.918. The lowest BCUT2D eigenvalue weighted by atomic mass is 10.2. The van der Waals surface area contributed by atoms with Gasteiger partial charge in [0.05, 0.1) is 5.08 Å².